The molecule has 0 saturated carbocycles. The van der Waals surface area contributed by atoms with Gasteiger partial charge in [-0.3, -0.25) is 4.79 Å². The molecule has 6 nitrogen and oxygen atoms in total. The van der Waals surface area contributed by atoms with Gasteiger partial charge in [0.1, 0.15) is 17.3 Å². The van der Waals surface area contributed by atoms with Gasteiger partial charge in [0, 0.05) is 25.8 Å². The topological polar surface area (TPSA) is 71.4 Å². The fraction of sp³-hybridized carbons (Fsp3) is 0.529. The molecule has 0 unspecified atom stereocenters. The second kappa shape index (κ2) is 5.85. The number of aryl methyl sites for hydroxylation is 4. The van der Waals surface area contributed by atoms with Crippen molar-refractivity contribution in [2.45, 2.75) is 46.3 Å². The molecule has 23 heavy (non-hydrogen) atoms. The number of hydrogen-bond acceptors (Lipinski definition) is 4. The molecule has 3 heterocycles. The van der Waals surface area contributed by atoms with E-state index >= 15 is 0 Å². The molecule has 0 aliphatic carbocycles. The van der Waals surface area contributed by atoms with Crippen LogP contribution in [0.1, 0.15) is 51.6 Å². The molecule has 2 aromatic rings. The SMILES string of the molecule is CO[C@@H]1C[C@@H](c2nc(C)c(C)[nH]2)N(C(=O)c2cc(C)oc2C)C1. The van der Waals surface area contributed by atoms with Gasteiger partial charge in [0.05, 0.1) is 23.4 Å². The third kappa shape index (κ3) is 2.79. The van der Waals surface area contributed by atoms with Crippen LogP contribution in [0.15, 0.2) is 10.5 Å². The smallest absolute Gasteiger partial charge is 0.258 e. The molecule has 1 N–H and O–H groups in total. The van der Waals surface area contributed by atoms with Crippen molar-refractivity contribution in [3.8, 4) is 0 Å². The highest BCUT2D eigenvalue weighted by molar-refractivity contribution is 5.95. The number of likely N-dealkylation sites (tertiary alicyclic amines) is 1. The number of hydrogen-bond donors (Lipinski definition) is 1. The summed E-state index contributed by atoms with van der Waals surface area (Å²) in [5.41, 5.74) is 2.61. The Labute approximate surface area is 135 Å². The second-order valence-electron chi connectivity index (χ2n) is 6.23. The molecular formula is C17H23N3O3. The normalized spacial score (nSPS) is 21.2. The van der Waals surface area contributed by atoms with Crippen LogP contribution >= 0.6 is 0 Å². The number of carbonyl (C=O) groups excluding carboxylic acids is 1. The van der Waals surface area contributed by atoms with Crippen molar-refractivity contribution in [1.82, 2.24) is 14.9 Å². The third-order valence-electron chi connectivity index (χ3n) is 4.59. The monoisotopic (exact) mass is 317 g/mol. The highest BCUT2D eigenvalue weighted by Gasteiger charge is 2.39. The standard InChI is InChI=1S/C17H23N3O3/c1-9-6-14(12(4)23-9)17(21)20-8-13(22-5)7-15(20)16-18-10(2)11(3)19-16/h6,13,15H,7-8H2,1-5H3,(H,18,19)/t13-,15+/m1/s1. The van der Waals surface area contributed by atoms with E-state index in [9.17, 15) is 4.79 Å². The van der Waals surface area contributed by atoms with Crippen LogP contribution in [0.2, 0.25) is 0 Å². The Morgan fingerprint density at radius 3 is 2.65 bits per heavy atom. The van der Waals surface area contributed by atoms with Crippen molar-refractivity contribution in [2.24, 2.45) is 0 Å². The van der Waals surface area contributed by atoms with Crippen LogP contribution < -0.4 is 0 Å². The number of ether oxygens (including phenoxy) is 1. The van der Waals surface area contributed by atoms with Crippen LogP contribution in [0.3, 0.4) is 0 Å². The quantitative estimate of drug-likeness (QED) is 0.945. The summed E-state index contributed by atoms with van der Waals surface area (Å²) in [6.07, 6.45) is 0.757. The van der Waals surface area contributed by atoms with E-state index in [2.05, 4.69) is 9.97 Å². The molecule has 6 heteroatoms. The molecule has 124 valence electrons. The van der Waals surface area contributed by atoms with Gasteiger partial charge in [0.2, 0.25) is 0 Å². The largest absolute Gasteiger partial charge is 0.466 e. The first-order chi connectivity index (χ1) is 10.9. The number of H-pyrrole nitrogens is 1. The zero-order chi connectivity index (χ0) is 16.7. The van der Waals surface area contributed by atoms with Crippen LogP contribution in [-0.2, 0) is 4.74 Å². The van der Waals surface area contributed by atoms with Crippen LogP contribution in [0.4, 0.5) is 0 Å². The lowest BCUT2D eigenvalue weighted by molar-refractivity contribution is 0.0683. The Morgan fingerprint density at radius 1 is 1.39 bits per heavy atom. The van der Waals surface area contributed by atoms with Crippen LogP contribution in [0.5, 0.6) is 0 Å². The number of carbonyl (C=O) groups is 1. The molecule has 3 rings (SSSR count). The Hall–Kier alpha value is -2.08. The van der Waals surface area contributed by atoms with E-state index in [1.54, 1.807) is 13.2 Å². The summed E-state index contributed by atoms with van der Waals surface area (Å²) in [5, 5.41) is 0. The lowest BCUT2D eigenvalue weighted by atomic mass is 10.1. The molecule has 1 amide bonds. The van der Waals surface area contributed by atoms with Crippen molar-refractivity contribution in [3.63, 3.8) is 0 Å². The number of nitrogens with one attached hydrogen (secondary N) is 1. The fourth-order valence-corrected chi connectivity index (χ4v) is 3.18. The number of imidazole rings is 1. The summed E-state index contributed by atoms with van der Waals surface area (Å²) in [4.78, 5) is 22.7. The minimum absolute atomic E-state index is 0.0166. The molecule has 1 aliphatic heterocycles. The molecule has 0 bridgehead atoms. The molecule has 0 aromatic carbocycles. The van der Waals surface area contributed by atoms with Crippen molar-refractivity contribution in [3.05, 3.63) is 40.4 Å². The summed E-state index contributed by atoms with van der Waals surface area (Å²) < 4.78 is 11.0. The van der Waals surface area contributed by atoms with Gasteiger partial charge in [-0.15, -0.1) is 0 Å². The number of aromatic nitrogens is 2. The maximum Gasteiger partial charge on any atom is 0.258 e. The van der Waals surface area contributed by atoms with Gasteiger partial charge in [-0.1, -0.05) is 0 Å². The fourth-order valence-electron chi connectivity index (χ4n) is 3.18. The average molecular weight is 317 g/mol. The van der Waals surface area contributed by atoms with Gasteiger partial charge in [0.25, 0.3) is 5.91 Å². The molecule has 1 aliphatic rings. The zero-order valence-electron chi connectivity index (χ0n) is 14.3. The summed E-state index contributed by atoms with van der Waals surface area (Å²) >= 11 is 0. The van der Waals surface area contributed by atoms with E-state index in [1.165, 1.54) is 0 Å². The minimum Gasteiger partial charge on any atom is -0.466 e. The predicted molar refractivity (Wildman–Crippen MR) is 85.4 cm³/mol. The maximum atomic E-state index is 13.0. The Balaban J connectivity index is 1.94. The van der Waals surface area contributed by atoms with Crippen LogP contribution in [-0.4, -0.2) is 40.5 Å². The van der Waals surface area contributed by atoms with Crippen molar-refractivity contribution < 1.29 is 13.9 Å². The van der Waals surface area contributed by atoms with E-state index in [1.807, 2.05) is 32.6 Å². The lowest BCUT2D eigenvalue weighted by Crippen LogP contribution is -2.32. The third-order valence-corrected chi connectivity index (χ3v) is 4.59. The van der Waals surface area contributed by atoms with E-state index in [-0.39, 0.29) is 18.1 Å². The summed E-state index contributed by atoms with van der Waals surface area (Å²) in [6.45, 7) is 8.18. The van der Waals surface area contributed by atoms with E-state index in [4.69, 9.17) is 9.15 Å². The first-order valence-electron chi connectivity index (χ1n) is 7.84. The van der Waals surface area contributed by atoms with Gasteiger partial charge in [-0.2, -0.15) is 0 Å². The number of rotatable bonds is 3. The average Bonchev–Trinajstić information content (AvgIpc) is 3.16. The van der Waals surface area contributed by atoms with E-state index in [0.29, 0.717) is 17.9 Å². The maximum absolute atomic E-state index is 13.0. The van der Waals surface area contributed by atoms with Crippen LogP contribution in [0, 0.1) is 27.7 Å². The summed E-state index contributed by atoms with van der Waals surface area (Å²) in [6, 6.07) is 1.70. The van der Waals surface area contributed by atoms with Gasteiger partial charge < -0.3 is 19.0 Å². The highest BCUT2D eigenvalue weighted by atomic mass is 16.5. The molecular weight excluding hydrogens is 294 g/mol. The van der Waals surface area contributed by atoms with Crippen molar-refractivity contribution >= 4 is 5.91 Å². The highest BCUT2D eigenvalue weighted by Crippen LogP contribution is 2.34. The number of furan rings is 1. The molecule has 2 aromatic heterocycles. The predicted octanol–water partition coefficient (Wildman–Crippen LogP) is 2.84. The molecule has 2 atom stereocenters. The van der Waals surface area contributed by atoms with E-state index in [0.717, 1.165) is 29.4 Å². The zero-order valence-corrected chi connectivity index (χ0v) is 14.3. The molecule has 1 fully saturated rings. The number of aromatic amines is 1. The second-order valence-corrected chi connectivity index (χ2v) is 6.23. The number of nitrogens with zero attached hydrogens (tertiary/aromatic N) is 2. The Morgan fingerprint density at radius 2 is 2.13 bits per heavy atom. The lowest BCUT2D eigenvalue weighted by Gasteiger charge is -2.22. The Bertz CT molecular complexity index is 712. The molecule has 1 saturated heterocycles. The van der Waals surface area contributed by atoms with Gasteiger partial charge in [-0.05, 0) is 33.8 Å². The van der Waals surface area contributed by atoms with Crippen LogP contribution in [0.25, 0.3) is 0 Å². The molecule has 0 spiro atoms. The Kier molecular flexibility index (Phi) is 4.02. The number of amides is 1. The summed E-state index contributed by atoms with van der Waals surface area (Å²) in [5.74, 6) is 2.19. The van der Waals surface area contributed by atoms with Gasteiger partial charge >= 0.3 is 0 Å². The van der Waals surface area contributed by atoms with Gasteiger partial charge in [0.15, 0.2) is 0 Å². The molecule has 0 radical (unpaired) electrons. The van der Waals surface area contributed by atoms with E-state index < -0.39 is 0 Å². The summed E-state index contributed by atoms with van der Waals surface area (Å²) in [7, 11) is 1.68. The number of methoxy groups -OCH3 is 1. The first kappa shape index (κ1) is 15.8. The minimum atomic E-state index is -0.102. The van der Waals surface area contributed by atoms with Gasteiger partial charge in [-0.25, -0.2) is 4.98 Å². The van der Waals surface area contributed by atoms with Crippen molar-refractivity contribution in [2.75, 3.05) is 13.7 Å². The van der Waals surface area contributed by atoms with Crippen molar-refractivity contribution in [1.29, 1.82) is 0 Å². The first-order valence-corrected chi connectivity index (χ1v) is 7.84.